The van der Waals surface area contributed by atoms with Crippen LogP contribution in [0.4, 0.5) is 0 Å². The molecule has 0 fully saturated rings. The highest BCUT2D eigenvalue weighted by Gasteiger charge is 2.16. The normalized spacial score (nSPS) is 11.5. The Labute approximate surface area is 125 Å². The minimum absolute atomic E-state index is 0.541. The zero-order chi connectivity index (χ0) is 13.5. The lowest BCUT2D eigenvalue weighted by Gasteiger charge is -2.30. The summed E-state index contributed by atoms with van der Waals surface area (Å²) in [6.45, 7) is 6.08. The highest BCUT2D eigenvalue weighted by Crippen LogP contribution is 2.23. The fraction of sp³-hybridized carbons (Fsp3) is 0.571. The average Bonchev–Trinajstić information content (AvgIpc) is 2.35. The Balaban J connectivity index is 2.85. The fourth-order valence-corrected chi connectivity index (χ4v) is 2.78. The van der Waals surface area contributed by atoms with Gasteiger partial charge in [0.2, 0.25) is 0 Å². The summed E-state index contributed by atoms with van der Waals surface area (Å²) in [7, 11) is 0. The Morgan fingerprint density at radius 2 is 1.83 bits per heavy atom. The molecule has 4 heteroatoms. The van der Waals surface area contributed by atoms with Crippen molar-refractivity contribution in [2.75, 3.05) is 12.4 Å². The molecular weight excluding hydrogens is 289 g/mol. The van der Waals surface area contributed by atoms with Gasteiger partial charge in [-0.05, 0) is 36.6 Å². The van der Waals surface area contributed by atoms with E-state index < -0.39 is 0 Å². The first-order chi connectivity index (χ1) is 8.62. The number of benzene rings is 1. The van der Waals surface area contributed by atoms with Crippen molar-refractivity contribution in [1.82, 2.24) is 4.90 Å². The molecule has 0 unspecified atom stereocenters. The van der Waals surface area contributed by atoms with Gasteiger partial charge in [-0.2, -0.15) is 0 Å². The number of nitrogens with zero attached hydrogens (tertiary/aromatic N) is 1. The van der Waals surface area contributed by atoms with E-state index in [1.807, 2.05) is 18.2 Å². The summed E-state index contributed by atoms with van der Waals surface area (Å²) in [4.78, 5) is 2.38. The largest absolute Gasteiger partial charge is 0.295 e. The van der Waals surface area contributed by atoms with E-state index in [-0.39, 0.29) is 0 Å². The van der Waals surface area contributed by atoms with Crippen molar-refractivity contribution >= 4 is 34.8 Å². The molecule has 1 aromatic carbocycles. The SMILES string of the molecule is CCC(CC)N(CCCl)Cc1cc(Cl)ccc1Cl. The second kappa shape index (κ2) is 8.27. The van der Waals surface area contributed by atoms with Gasteiger partial charge >= 0.3 is 0 Å². The average molecular weight is 309 g/mol. The van der Waals surface area contributed by atoms with Crippen LogP contribution in [0.1, 0.15) is 32.3 Å². The summed E-state index contributed by atoms with van der Waals surface area (Å²) in [6, 6.07) is 6.15. The highest BCUT2D eigenvalue weighted by molar-refractivity contribution is 6.33. The van der Waals surface area contributed by atoms with E-state index in [4.69, 9.17) is 34.8 Å². The van der Waals surface area contributed by atoms with Crippen LogP contribution in [0, 0.1) is 0 Å². The lowest BCUT2D eigenvalue weighted by atomic mass is 10.1. The third kappa shape index (κ3) is 4.62. The molecule has 0 saturated carbocycles. The van der Waals surface area contributed by atoms with Crippen molar-refractivity contribution in [1.29, 1.82) is 0 Å². The minimum atomic E-state index is 0.541. The first kappa shape index (κ1) is 16.1. The Hall–Kier alpha value is 0.0500. The molecule has 0 atom stereocenters. The van der Waals surface area contributed by atoms with Crippen LogP contribution in [0.25, 0.3) is 0 Å². The molecule has 0 bridgehead atoms. The second-order valence-electron chi connectivity index (χ2n) is 4.37. The van der Waals surface area contributed by atoms with E-state index in [1.165, 1.54) is 0 Å². The Bertz CT molecular complexity index is 364. The zero-order valence-electron chi connectivity index (χ0n) is 10.9. The first-order valence-electron chi connectivity index (χ1n) is 6.36. The molecule has 18 heavy (non-hydrogen) atoms. The fourth-order valence-electron chi connectivity index (χ4n) is 2.19. The lowest BCUT2D eigenvalue weighted by molar-refractivity contribution is 0.188. The number of halogens is 3. The maximum absolute atomic E-state index is 6.21. The molecule has 0 heterocycles. The van der Waals surface area contributed by atoms with Gasteiger partial charge in [0.25, 0.3) is 0 Å². The third-order valence-corrected chi connectivity index (χ3v) is 3.98. The highest BCUT2D eigenvalue weighted by atomic mass is 35.5. The minimum Gasteiger partial charge on any atom is -0.295 e. The van der Waals surface area contributed by atoms with E-state index in [0.717, 1.165) is 41.5 Å². The number of alkyl halides is 1. The van der Waals surface area contributed by atoms with Crippen LogP contribution in [0.15, 0.2) is 18.2 Å². The summed E-state index contributed by atoms with van der Waals surface area (Å²) >= 11 is 18.1. The summed E-state index contributed by atoms with van der Waals surface area (Å²) in [5.74, 6) is 0.634. The van der Waals surface area contributed by atoms with E-state index in [1.54, 1.807) is 0 Å². The van der Waals surface area contributed by atoms with Gasteiger partial charge < -0.3 is 0 Å². The molecule has 0 amide bonds. The molecule has 0 aliphatic rings. The lowest BCUT2D eigenvalue weighted by Crippen LogP contribution is -2.35. The van der Waals surface area contributed by atoms with Crippen molar-refractivity contribution in [2.45, 2.75) is 39.3 Å². The molecule has 0 saturated heterocycles. The molecular formula is C14H20Cl3N. The van der Waals surface area contributed by atoms with Gasteiger partial charge in [-0.15, -0.1) is 11.6 Å². The summed E-state index contributed by atoms with van der Waals surface area (Å²) in [5, 5.41) is 1.50. The van der Waals surface area contributed by atoms with Crippen molar-refractivity contribution in [2.24, 2.45) is 0 Å². The van der Waals surface area contributed by atoms with Gasteiger partial charge in [0.1, 0.15) is 0 Å². The van der Waals surface area contributed by atoms with E-state index in [0.29, 0.717) is 11.9 Å². The third-order valence-electron chi connectivity index (χ3n) is 3.21. The van der Waals surface area contributed by atoms with E-state index in [9.17, 15) is 0 Å². The molecule has 0 aliphatic carbocycles. The monoisotopic (exact) mass is 307 g/mol. The predicted octanol–water partition coefficient (Wildman–Crippen LogP) is 5.22. The van der Waals surface area contributed by atoms with Crippen LogP contribution in [-0.4, -0.2) is 23.4 Å². The van der Waals surface area contributed by atoms with Crippen molar-refractivity contribution in [3.05, 3.63) is 33.8 Å². The van der Waals surface area contributed by atoms with Crippen LogP contribution < -0.4 is 0 Å². The molecule has 1 aromatic rings. The van der Waals surface area contributed by atoms with Crippen molar-refractivity contribution in [3.8, 4) is 0 Å². The number of hydrogen-bond donors (Lipinski definition) is 0. The molecule has 0 N–H and O–H groups in total. The molecule has 1 rings (SSSR count). The van der Waals surface area contributed by atoms with Crippen molar-refractivity contribution < 1.29 is 0 Å². The maximum Gasteiger partial charge on any atom is 0.0452 e. The molecule has 1 nitrogen and oxygen atoms in total. The van der Waals surface area contributed by atoms with E-state index >= 15 is 0 Å². The van der Waals surface area contributed by atoms with Crippen LogP contribution in [0.5, 0.6) is 0 Å². The standard InChI is InChI=1S/C14H20Cl3N/c1-3-13(4-2)18(8-7-15)10-11-9-12(16)5-6-14(11)17/h5-6,9,13H,3-4,7-8,10H2,1-2H3. The molecule has 0 radical (unpaired) electrons. The summed E-state index contributed by atoms with van der Waals surface area (Å²) in [6.07, 6.45) is 2.23. The summed E-state index contributed by atoms with van der Waals surface area (Å²) in [5.41, 5.74) is 1.07. The Morgan fingerprint density at radius 3 is 2.39 bits per heavy atom. The molecule has 0 aromatic heterocycles. The Kier molecular flexibility index (Phi) is 7.40. The predicted molar refractivity (Wildman–Crippen MR) is 82.0 cm³/mol. The summed E-state index contributed by atoms with van der Waals surface area (Å²) < 4.78 is 0. The van der Waals surface area contributed by atoms with Gasteiger partial charge in [0.05, 0.1) is 0 Å². The number of hydrogen-bond acceptors (Lipinski definition) is 1. The Morgan fingerprint density at radius 1 is 1.17 bits per heavy atom. The quantitative estimate of drug-likeness (QED) is 0.624. The van der Waals surface area contributed by atoms with Gasteiger partial charge in [-0.3, -0.25) is 4.90 Å². The first-order valence-corrected chi connectivity index (χ1v) is 7.65. The molecule has 102 valence electrons. The van der Waals surface area contributed by atoms with Gasteiger partial charge in [0, 0.05) is 35.1 Å². The van der Waals surface area contributed by atoms with Gasteiger partial charge in [-0.25, -0.2) is 0 Å². The van der Waals surface area contributed by atoms with Crippen LogP contribution in [0.3, 0.4) is 0 Å². The van der Waals surface area contributed by atoms with Gasteiger partial charge in [-0.1, -0.05) is 37.0 Å². The van der Waals surface area contributed by atoms with Gasteiger partial charge in [0.15, 0.2) is 0 Å². The van der Waals surface area contributed by atoms with Crippen LogP contribution in [0.2, 0.25) is 10.0 Å². The van der Waals surface area contributed by atoms with E-state index in [2.05, 4.69) is 18.7 Å². The zero-order valence-corrected chi connectivity index (χ0v) is 13.2. The molecule has 0 spiro atoms. The molecule has 0 aliphatic heterocycles. The van der Waals surface area contributed by atoms with Crippen LogP contribution >= 0.6 is 34.8 Å². The van der Waals surface area contributed by atoms with Crippen molar-refractivity contribution in [3.63, 3.8) is 0 Å². The second-order valence-corrected chi connectivity index (χ2v) is 5.59. The topological polar surface area (TPSA) is 3.24 Å². The number of rotatable bonds is 7. The maximum atomic E-state index is 6.21. The van der Waals surface area contributed by atoms with Crippen LogP contribution in [-0.2, 0) is 6.54 Å². The smallest absolute Gasteiger partial charge is 0.0452 e.